The van der Waals surface area contributed by atoms with Crippen LogP contribution >= 0.6 is 11.6 Å². The largest absolute Gasteiger partial charge is 0.381 e. The summed E-state index contributed by atoms with van der Waals surface area (Å²) in [5.41, 5.74) is 0.945. The number of rotatable bonds is 3. The number of hydrogen-bond acceptors (Lipinski definition) is 2. The quantitative estimate of drug-likeness (QED) is 0.744. The highest BCUT2D eigenvalue weighted by Crippen LogP contribution is 2.26. The van der Waals surface area contributed by atoms with Gasteiger partial charge in [0.05, 0.1) is 24.5 Å². The van der Waals surface area contributed by atoms with Crippen LogP contribution in [0.25, 0.3) is 0 Å². The molecule has 0 saturated carbocycles. The maximum atomic E-state index is 5.73. The van der Waals surface area contributed by atoms with E-state index in [9.17, 15) is 0 Å². The second kappa shape index (κ2) is 4.99. The van der Waals surface area contributed by atoms with Crippen LogP contribution in [0.1, 0.15) is 31.5 Å². The molecule has 0 spiro atoms. The lowest BCUT2D eigenvalue weighted by molar-refractivity contribution is 0.0363. The van der Waals surface area contributed by atoms with Crippen LogP contribution in [-0.2, 0) is 10.6 Å². The average Bonchev–Trinajstić information content (AvgIpc) is 2.78. The van der Waals surface area contributed by atoms with Gasteiger partial charge in [-0.25, -0.2) is 4.98 Å². The smallest absolute Gasteiger partial charge is 0.0952 e. The molecule has 0 aromatic carbocycles. The highest BCUT2D eigenvalue weighted by molar-refractivity contribution is 6.16. The summed E-state index contributed by atoms with van der Waals surface area (Å²) in [6.45, 7) is 4.01. The van der Waals surface area contributed by atoms with E-state index in [4.69, 9.17) is 16.3 Å². The Labute approximate surface area is 95.4 Å². The maximum absolute atomic E-state index is 5.73. The summed E-state index contributed by atoms with van der Waals surface area (Å²) >= 11 is 5.73. The predicted molar refractivity (Wildman–Crippen MR) is 60.0 cm³/mol. The molecule has 1 aromatic rings. The minimum Gasteiger partial charge on any atom is -0.381 e. The summed E-state index contributed by atoms with van der Waals surface area (Å²) in [5.74, 6) is 1.09. The topological polar surface area (TPSA) is 27.1 Å². The van der Waals surface area contributed by atoms with Gasteiger partial charge in [-0.1, -0.05) is 0 Å². The van der Waals surface area contributed by atoms with E-state index in [0.717, 1.165) is 18.9 Å². The van der Waals surface area contributed by atoms with E-state index < -0.39 is 0 Å². The molecule has 15 heavy (non-hydrogen) atoms. The third kappa shape index (κ3) is 2.52. The first-order valence-electron chi connectivity index (χ1n) is 5.47. The Morgan fingerprint density at radius 1 is 1.73 bits per heavy atom. The van der Waals surface area contributed by atoms with Gasteiger partial charge in [0.25, 0.3) is 0 Å². The van der Waals surface area contributed by atoms with Crippen molar-refractivity contribution in [1.29, 1.82) is 0 Å². The molecule has 84 valence electrons. The molecular formula is C11H17ClN2O. The van der Waals surface area contributed by atoms with Crippen molar-refractivity contribution in [2.45, 2.75) is 31.7 Å². The fourth-order valence-electron chi connectivity index (χ4n) is 2.06. The lowest BCUT2D eigenvalue weighted by Crippen LogP contribution is -2.25. The summed E-state index contributed by atoms with van der Waals surface area (Å²) in [7, 11) is 0. The zero-order valence-corrected chi connectivity index (χ0v) is 9.78. The van der Waals surface area contributed by atoms with Gasteiger partial charge >= 0.3 is 0 Å². The number of aromatic nitrogens is 2. The van der Waals surface area contributed by atoms with Crippen molar-refractivity contribution in [3.05, 3.63) is 18.2 Å². The normalized spacial score (nSPS) is 24.0. The number of halogens is 1. The van der Waals surface area contributed by atoms with Crippen molar-refractivity contribution in [2.24, 2.45) is 5.92 Å². The van der Waals surface area contributed by atoms with E-state index in [-0.39, 0.29) is 0 Å². The molecule has 0 radical (unpaired) electrons. The molecule has 2 heterocycles. The van der Waals surface area contributed by atoms with Crippen molar-refractivity contribution < 1.29 is 4.74 Å². The van der Waals surface area contributed by atoms with Crippen LogP contribution in [0.5, 0.6) is 0 Å². The van der Waals surface area contributed by atoms with Gasteiger partial charge < -0.3 is 9.30 Å². The summed E-state index contributed by atoms with van der Waals surface area (Å²) < 4.78 is 7.65. The van der Waals surface area contributed by atoms with Crippen molar-refractivity contribution >= 4 is 11.6 Å². The number of imidazole rings is 1. The van der Waals surface area contributed by atoms with Gasteiger partial charge in [0, 0.05) is 24.8 Å². The van der Waals surface area contributed by atoms with Crippen LogP contribution in [0.3, 0.4) is 0 Å². The van der Waals surface area contributed by atoms with Crippen molar-refractivity contribution in [2.75, 3.05) is 13.2 Å². The highest BCUT2D eigenvalue weighted by atomic mass is 35.5. The van der Waals surface area contributed by atoms with Gasteiger partial charge in [0.2, 0.25) is 0 Å². The van der Waals surface area contributed by atoms with Crippen molar-refractivity contribution in [3.8, 4) is 0 Å². The average molecular weight is 229 g/mol. The van der Waals surface area contributed by atoms with E-state index in [1.807, 2.05) is 12.5 Å². The molecule has 0 N–H and O–H groups in total. The van der Waals surface area contributed by atoms with Crippen LogP contribution in [0.4, 0.5) is 0 Å². The Hall–Kier alpha value is -0.540. The highest BCUT2D eigenvalue weighted by Gasteiger charge is 2.21. The van der Waals surface area contributed by atoms with E-state index in [1.165, 1.54) is 12.8 Å². The predicted octanol–water partition coefficient (Wildman–Crippen LogP) is 2.61. The molecule has 1 aromatic heterocycles. The third-order valence-electron chi connectivity index (χ3n) is 3.14. The van der Waals surface area contributed by atoms with E-state index in [0.29, 0.717) is 17.8 Å². The number of ether oxygens (including phenoxy) is 1. The molecular weight excluding hydrogens is 212 g/mol. The Morgan fingerprint density at radius 3 is 3.20 bits per heavy atom. The van der Waals surface area contributed by atoms with Crippen LogP contribution in [0.2, 0.25) is 0 Å². The molecule has 3 nitrogen and oxygen atoms in total. The summed E-state index contributed by atoms with van der Waals surface area (Å²) in [4.78, 5) is 4.24. The van der Waals surface area contributed by atoms with Gasteiger partial charge in [-0.15, -0.1) is 11.6 Å². The van der Waals surface area contributed by atoms with E-state index in [2.05, 4.69) is 16.5 Å². The number of hydrogen-bond donors (Lipinski definition) is 0. The molecule has 1 aliphatic rings. The van der Waals surface area contributed by atoms with Gasteiger partial charge in [-0.2, -0.15) is 0 Å². The molecule has 1 saturated heterocycles. The molecule has 2 unspecified atom stereocenters. The molecule has 2 rings (SSSR count). The Balaban J connectivity index is 2.02. The third-order valence-corrected chi connectivity index (χ3v) is 3.41. The van der Waals surface area contributed by atoms with Crippen LogP contribution in [0.15, 0.2) is 12.5 Å². The van der Waals surface area contributed by atoms with Crippen LogP contribution in [-0.4, -0.2) is 22.8 Å². The molecule has 2 atom stereocenters. The van der Waals surface area contributed by atoms with E-state index in [1.54, 1.807) is 0 Å². The number of nitrogens with zero attached hydrogens (tertiary/aromatic N) is 2. The second-order valence-corrected chi connectivity index (χ2v) is 4.43. The fourth-order valence-corrected chi connectivity index (χ4v) is 2.20. The Kier molecular flexibility index (Phi) is 3.65. The van der Waals surface area contributed by atoms with Crippen molar-refractivity contribution in [3.63, 3.8) is 0 Å². The molecule has 4 heteroatoms. The van der Waals surface area contributed by atoms with Crippen LogP contribution in [0, 0.1) is 5.92 Å². The Morgan fingerprint density at radius 2 is 2.60 bits per heavy atom. The lowest BCUT2D eigenvalue weighted by Gasteiger charge is -2.28. The monoisotopic (exact) mass is 228 g/mol. The molecule has 1 aliphatic heterocycles. The molecule has 0 aliphatic carbocycles. The molecule has 0 amide bonds. The zero-order valence-electron chi connectivity index (χ0n) is 9.03. The first-order chi connectivity index (χ1) is 7.31. The van der Waals surface area contributed by atoms with Gasteiger partial charge in [0.15, 0.2) is 0 Å². The van der Waals surface area contributed by atoms with Gasteiger partial charge in [-0.05, 0) is 19.8 Å². The minimum absolute atomic E-state index is 0.453. The second-order valence-electron chi connectivity index (χ2n) is 4.16. The van der Waals surface area contributed by atoms with E-state index >= 15 is 0 Å². The standard InChI is InChI=1S/C11H17ClN2O/c1-9(10-3-2-4-15-7-10)14-6-11(5-12)13-8-14/h6,8-10H,2-5,7H2,1H3. The minimum atomic E-state index is 0.453. The number of alkyl halides is 1. The first kappa shape index (κ1) is 11.0. The summed E-state index contributed by atoms with van der Waals surface area (Å²) in [5, 5.41) is 0. The molecule has 0 bridgehead atoms. The Bertz CT molecular complexity index is 307. The van der Waals surface area contributed by atoms with Gasteiger partial charge in [0.1, 0.15) is 0 Å². The zero-order chi connectivity index (χ0) is 10.7. The van der Waals surface area contributed by atoms with Gasteiger partial charge in [-0.3, -0.25) is 0 Å². The maximum Gasteiger partial charge on any atom is 0.0952 e. The fraction of sp³-hybridized carbons (Fsp3) is 0.727. The van der Waals surface area contributed by atoms with Crippen LogP contribution < -0.4 is 0 Å². The summed E-state index contributed by atoms with van der Waals surface area (Å²) in [6, 6.07) is 0.453. The lowest BCUT2D eigenvalue weighted by atomic mass is 9.95. The van der Waals surface area contributed by atoms with Crippen molar-refractivity contribution in [1.82, 2.24) is 9.55 Å². The first-order valence-corrected chi connectivity index (χ1v) is 6.00. The molecule has 1 fully saturated rings. The summed E-state index contributed by atoms with van der Waals surface area (Å²) in [6.07, 6.45) is 6.32. The SMILES string of the molecule is CC(C1CCCOC1)n1cnc(CCl)c1.